The molecule has 0 aliphatic rings. The zero-order chi connectivity index (χ0) is 14.8. The molecule has 21 heavy (non-hydrogen) atoms. The standard InChI is InChI=1S/C14H12N4O2S/c1-9-17-10(8-21-9)7-16-13-5-4-12-11(3-2-6-15-12)14(13)18(19)20/h2-6,8,16H,7H2,1H3. The highest BCUT2D eigenvalue weighted by Crippen LogP contribution is 2.32. The average molecular weight is 300 g/mol. The highest BCUT2D eigenvalue weighted by molar-refractivity contribution is 7.09. The van der Waals surface area contributed by atoms with E-state index in [0.29, 0.717) is 23.1 Å². The lowest BCUT2D eigenvalue weighted by Crippen LogP contribution is -2.03. The minimum atomic E-state index is -0.376. The van der Waals surface area contributed by atoms with Crippen LogP contribution in [-0.4, -0.2) is 14.9 Å². The highest BCUT2D eigenvalue weighted by Gasteiger charge is 2.18. The quantitative estimate of drug-likeness (QED) is 0.589. The lowest BCUT2D eigenvalue weighted by Gasteiger charge is -2.07. The van der Waals surface area contributed by atoms with E-state index in [1.54, 1.807) is 41.8 Å². The van der Waals surface area contributed by atoms with Crippen molar-refractivity contribution >= 4 is 33.6 Å². The number of hydrogen-bond acceptors (Lipinski definition) is 6. The molecule has 0 amide bonds. The maximum absolute atomic E-state index is 11.4. The number of hydrogen-bond donors (Lipinski definition) is 1. The van der Waals surface area contributed by atoms with Gasteiger partial charge >= 0.3 is 5.69 Å². The molecule has 0 radical (unpaired) electrons. The van der Waals surface area contributed by atoms with E-state index in [0.717, 1.165) is 10.7 Å². The van der Waals surface area contributed by atoms with Gasteiger partial charge < -0.3 is 5.32 Å². The number of nitrogens with one attached hydrogen (secondary N) is 1. The van der Waals surface area contributed by atoms with Gasteiger partial charge in [-0.25, -0.2) is 4.98 Å². The van der Waals surface area contributed by atoms with E-state index >= 15 is 0 Å². The molecule has 106 valence electrons. The van der Waals surface area contributed by atoms with E-state index in [2.05, 4.69) is 15.3 Å². The molecule has 6 nitrogen and oxygen atoms in total. The molecule has 0 saturated carbocycles. The number of nitro benzene ring substituents is 1. The minimum Gasteiger partial charge on any atom is -0.374 e. The van der Waals surface area contributed by atoms with Gasteiger partial charge in [0.2, 0.25) is 0 Å². The van der Waals surface area contributed by atoms with Gasteiger partial charge in [0.25, 0.3) is 0 Å². The molecule has 0 bridgehead atoms. The molecule has 1 N–H and O–H groups in total. The molecule has 0 saturated heterocycles. The van der Waals surface area contributed by atoms with Crippen LogP contribution in [0.5, 0.6) is 0 Å². The fourth-order valence-electron chi connectivity index (χ4n) is 2.15. The summed E-state index contributed by atoms with van der Waals surface area (Å²) >= 11 is 1.56. The monoisotopic (exact) mass is 300 g/mol. The summed E-state index contributed by atoms with van der Waals surface area (Å²) in [6.07, 6.45) is 1.62. The number of rotatable bonds is 4. The number of pyridine rings is 1. The molecule has 0 unspecified atom stereocenters. The van der Waals surface area contributed by atoms with Crippen LogP contribution in [-0.2, 0) is 6.54 Å². The van der Waals surface area contributed by atoms with Gasteiger partial charge in [0.1, 0.15) is 5.69 Å². The topological polar surface area (TPSA) is 81.0 Å². The molecule has 0 aliphatic heterocycles. The van der Waals surface area contributed by atoms with E-state index in [9.17, 15) is 10.1 Å². The van der Waals surface area contributed by atoms with E-state index in [1.807, 2.05) is 12.3 Å². The van der Waals surface area contributed by atoms with Gasteiger partial charge in [0.05, 0.1) is 33.1 Å². The van der Waals surface area contributed by atoms with E-state index in [1.165, 1.54) is 0 Å². The van der Waals surface area contributed by atoms with Gasteiger partial charge in [-0.2, -0.15) is 0 Å². The second-order valence-electron chi connectivity index (χ2n) is 4.50. The number of benzene rings is 1. The molecule has 0 fully saturated rings. The van der Waals surface area contributed by atoms with Crippen molar-refractivity contribution in [1.82, 2.24) is 9.97 Å². The van der Waals surface area contributed by atoms with Crippen molar-refractivity contribution < 1.29 is 4.92 Å². The van der Waals surface area contributed by atoms with Crippen molar-refractivity contribution in [2.24, 2.45) is 0 Å². The van der Waals surface area contributed by atoms with Crippen LogP contribution in [0.3, 0.4) is 0 Å². The first-order valence-corrected chi connectivity index (χ1v) is 7.20. The van der Waals surface area contributed by atoms with E-state index < -0.39 is 0 Å². The van der Waals surface area contributed by atoms with Gasteiger partial charge in [0.15, 0.2) is 0 Å². The third kappa shape index (κ3) is 2.68. The SMILES string of the molecule is Cc1nc(CNc2ccc3ncccc3c2[N+](=O)[O-])cs1. The molecule has 7 heteroatoms. The number of nitrogens with zero attached hydrogens (tertiary/aromatic N) is 3. The molecular formula is C14H12N4O2S. The minimum absolute atomic E-state index is 0.0487. The molecule has 2 heterocycles. The lowest BCUT2D eigenvalue weighted by atomic mass is 10.1. The summed E-state index contributed by atoms with van der Waals surface area (Å²) in [7, 11) is 0. The zero-order valence-corrected chi connectivity index (χ0v) is 12.1. The third-order valence-electron chi connectivity index (χ3n) is 3.07. The summed E-state index contributed by atoms with van der Waals surface area (Å²) < 4.78 is 0. The summed E-state index contributed by atoms with van der Waals surface area (Å²) in [5.41, 5.74) is 2.01. The van der Waals surface area contributed by atoms with Gasteiger partial charge in [0, 0.05) is 11.6 Å². The number of anilines is 1. The smallest absolute Gasteiger partial charge is 0.301 e. The van der Waals surface area contributed by atoms with Crippen LogP contribution >= 0.6 is 11.3 Å². The van der Waals surface area contributed by atoms with E-state index in [-0.39, 0.29) is 10.6 Å². The van der Waals surface area contributed by atoms with Gasteiger partial charge in [-0.3, -0.25) is 15.1 Å². The molecule has 0 aliphatic carbocycles. The number of thiazole rings is 1. The Morgan fingerprint density at radius 1 is 1.38 bits per heavy atom. The molecule has 1 aromatic carbocycles. The van der Waals surface area contributed by atoms with Crippen molar-refractivity contribution in [2.75, 3.05) is 5.32 Å². The average Bonchev–Trinajstić information content (AvgIpc) is 2.89. The van der Waals surface area contributed by atoms with E-state index in [4.69, 9.17) is 0 Å². The van der Waals surface area contributed by atoms with Crippen LogP contribution < -0.4 is 5.32 Å². The summed E-state index contributed by atoms with van der Waals surface area (Å²) in [4.78, 5) is 19.5. The Balaban J connectivity index is 1.97. The highest BCUT2D eigenvalue weighted by atomic mass is 32.1. The van der Waals surface area contributed by atoms with Crippen LogP contribution in [0.25, 0.3) is 10.9 Å². The number of fused-ring (bicyclic) bond motifs is 1. The predicted octanol–water partition coefficient (Wildman–Crippen LogP) is 3.52. The van der Waals surface area contributed by atoms with Gasteiger partial charge in [-0.05, 0) is 31.2 Å². The van der Waals surface area contributed by atoms with Crippen LogP contribution in [0, 0.1) is 17.0 Å². The first-order valence-electron chi connectivity index (χ1n) is 6.32. The molecule has 0 spiro atoms. The van der Waals surface area contributed by atoms with Crippen LogP contribution in [0.1, 0.15) is 10.7 Å². The predicted molar refractivity (Wildman–Crippen MR) is 82.6 cm³/mol. The second-order valence-corrected chi connectivity index (χ2v) is 5.56. The fourth-order valence-corrected chi connectivity index (χ4v) is 2.76. The molecule has 3 aromatic rings. The Kier molecular flexibility index (Phi) is 3.49. The summed E-state index contributed by atoms with van der Waals surface area (Å²) in [5, 5.41) is 17.9. The number of nitro groups is 1. The first-order chi connectivity index (χ1) is 10.1. The Morgan fingerprint density at radius 2 is 2.24 bits per heavy atom. The maximum Gasteiger partial charge on any atom is 0.301 e. The van der Waals surface area contributed by atoms with Crippen LogP contribution in [0.4, 0.5) is 11.4 Å². The Morgan fingerprint density at radius 3 is 2.95 bits per heavy atom. The van der Waals surface area contributed by atoms with Gasteiger partial charge in [-0.1, -0.05) is 0 Å². The summed E-state index contributed by atoms with van der Waals surface area (Å²) in [5.74, 6) is 0. The fraction of sp³-hybridized carbons (Fsp3) is 0.143. The molecular weight excluding hydrogens is 288 g/mol. The molecule has 3 rings (SSSR count). The Hall–Kier alpha value is -2.54. The van der Waals surface area contributed by atoms with Crippen LogP contribution in [0.15, 0.2) is 35.8 Å². The summed E-state index contributed by atoms with van der Waals surface area (Å²) in [6.45, 7) is 2.38. The van der Waals surface area contributed by atoms with Crippen molar-refractivity contribution in [3.63, 3.8) is 0 Å². The number of aromatic nitrogens is 2. The van der Waals surface area contributed by atoms with Crippen molar-refractivity contribution in [1.29, 1.82) is 0 Å². The zero-order valence-electron chi connectivity index (χ0n) is 11.2. The Labute approximate surface area is 124 Å². The maximum atomic E-state index is 11.4. The van der Waals surface area contributed by atoms with Crippen LogP contribution in [0.2, 0.25) is 0 Å². The normalized spacial score (nSPS) is 10.7. The number of aryl methyl sites for hydroxylation is 1. The van der Waals surface area contributed by atoms with Gasteiger partial charge in [-0.15, -0.1) is 11.3 Å². The molecule has 0 atom stereocenters. The first kappa shape index (κ1) is 13.4. The largest absolute Gasteiger partial charge is 0.374 e. The lowest BCUT2D eigenvalue weighted by molar-refractivity contribution is -0.382. The van der Waals surface area contributed by atoms with Crippen molar-refractivity contribution in [3.05, 3.63) is 56.7 Å². The Bertz CT molecular complexity index is 816. The third-order valence-corrected chi connectivity index (χ3v) is 3.89. The molecule has 2 aromatic heterocycles. The summed E-state index contributed by atoms with van der Waals surface area (Å²) in [6, 6.07) is 6.87. The van der Waals surface area contributed by atoms with Crippen molar-refractivity contribution in [2.45, 2.75) is 13.5 Å². The van der Waals surface area contributed by atoms with Crippen molar-refractivity contribution in [3.8, 4) is 0 Å². The second kappa shape index (κ2) is 5.45.